The van der Waals surface area contributed by atoms with E-state index in [-0.39, 0.29) is 13.0 Å². The smallest absolute Gasteiger partial charge is 0.317 e. The second-order valence-corrected chi connectivity index (χ2v) is 5.54. The van der Waals surface area contributed by atoms with Crippen LogP contribution in [0, 0.1) is 5.92 Å². The molecule has 2 rings (SSSR count). The number of hydrogen-bond acceptors (Lipinski definition) is 8. The Hall–Kier alpha value is -3.42. The zero-order valence-electron chi connectivity index (χ0n) is 13.8. The maximum atomic E-state index is 12.6. The summed E-state index contributed by atoms with van der Waals surface area (Å²) in [7, 11) is 0. The Balaban J connectivity index is 2.27. The van der Waals surface area contributed by atoms with E-state index >= 15 is 0 Å². The van der Waals surface area contributed by atoms with E-state index in [0.717, 1.165) is 0 Å². The molecule has 0 bridgehead atoms. The number of carbonyl (C=O) groups is 2. The summed E-state index contributed by atoms with van der Waals surface area (Å²) < 4.78 is 5.09. The first-order valence-corrected chi connectivity index (χ1v) is 7.73. The summed E-state index contributed by atoms with van der Waals surface area (Å²) in [5.41, 5.74) is -0.171. The Morgan fingerprint density at radius 2 is 1.38 bits per heavy atom. The number of aromatic hydroxyl groups is 5. The van der Waals surface area contributed by atoms with Crippen LogP contribution in [0.2, 0.25) is 0 Å². The minimum Gasteiger partial charge on any atom is -0.504 e. The number of phenols is 5. The molecule has 0 spiro atoms. The first-order valence-electron chi connectivity index (χ1n) is 7.73. The molecule has 0 aromatic heterocycles. The molecular formula is C18H18O8. The molecule has 0 radical (unpaired) electrons. The zero-order chi connectivity index (χ0) is 19.4. The molecule has 1 unspecified atom stereocenters. The van der Waals surface area contributed by atoms with E-state index in [9.17, 15) is 35.1 Å². The Morgan fingerprint density at radius 3 is 1.88 bits per heavy atom. The van der Waals surface area contributed by atoms with Gasteiger partial charge in [0.2, 0.25) is 17.2 Å². The monoisotopic (exact) mass is 362 g/mol. The summed E-state index contributed by atoms with van der Waals surface area (Å²) >= 11 is 0. The lowest BCUT2D eigenvalue weighted by molar-refractivity contribution is -0.148. The van der Waals surface area contributed by atoms with E-state index in [4.69, 9.17) is 4.74 Å². The fourth-order valence-corrected chi connectivity index (χ4v) is 2.38. The third-order valence-corrected chi connectivity index (χ3v) is 3.85. The van der Waals surface area contributed by atoms with E-state index in [2.05, 4.69) is 0 Å². The van der Waals surface area contributed by atoms with Gasteiger partial charge in [0.15, 0.2) is 17.3 Å². The van der Waals surface area contributed by atoms with Gasteiger partial charge in [-0.05, 0) is 12.0 Å². The van der Waals surface area contributed by atoms with Crippen LogP contribution < -0.4 is 0 Å². The van der Waals surface area contributed by atoms with E-state index in [1.807, 2.05) is 0 Å². The molecule has 8 nitrogen and oxygen atoms in total. The van der Waals surface area contributed by atoms with Gasteiger partial charge in [-0.2, -0.15) is 0 Å². The maximum absolute atomic E-state index is 12.6. The predicted molar refractivity (Wildman–Crippen MR) is 89.1 cm³/mol. The van der Waals surface area contributed by atoms with Gasteiger partial charge in [-0.25, -0.2) is 0 Å². The normalized spacial score (nSPS) is 11.7. The van der Waals surface area contributed by atoms with Crippen molar-refractivity contribution in [1.82, 2.24) is 0 Å². The van der Waals surface area contributed by atoms with Crippen molar-refractivity contribution in [3.05, 3.63) is 41.5 Å². The average molecular weight is 362 g/mol. The van der Waals surface area contributed by atoms with Crippen LogP contribution in [-0.2, 0) is 16.1 Å². The third kappa shape index (κ3) is 3.49. The number of ether oxygens (including phenoxy) is 1. The molecule has 0 saturated carbocycles. The van der Waals surface area contributed by atoms with Crippen molar-refractivity contribution in [3.8, 4) is 28.7 Å². The van der Waals surface area contributed by atoms with Crippen LogP contribution in [0.4, 0.5) is 0 Å². The summed E-state index contributed by atoms with van der Waals surface area (Å²) in [6, 6.07) is 8.75. The molecule has 0 heterocycles. The number of phenolic OH excluding ortho intramolecular Hbond substituents is 5. The molecule has 0 fully saturated rings. The van der Waals surface area contributed by atoms with Crippen molar-refractivity contribution in [2.24, 2.45) is 5.92 Å². The summed E-state index contributed by atoms with van der Waals surface area (Å²) in [5, 5.41) is 48.1. The molecule has 0 aliphatic rings. The molecule has 2 aromatic carbocycles. The minimum atomic E-state index is -1.39. The highest BCUT2D eigenvalue weighted by molar-refractivity contribution is 6.12. The lowest BCUT2D eigenvalue weighted by Crippen LogP contribution is -2.26. The molecule has 0 aliphatic heterocycles. The van der Waals surface area contributed by atoms with Gasteiger partial charge < -0.3 is 30.3 Å². The van der Waals surface area contributed by atoms with Gasteiger partial charge in [-0.3, -0.25) is 9.59 Å². The van der Waals surface area contributed by atoms with Crippen LogP contribution in [0.15, 0.2) is 30.3 Å². The molecule has 0 saturated heterocycles. The second-order valence-electron chi connectivity index (χ2n) is 5.54. The van der Waals surface area contributed by atoms with Crippen molar-refractivity contribution in [2.45, 2.75) is 20.0 Å². The van der Waals surface area contributed by atoms with E-state index in [1.54, 1.807) is 30.3 Å². The second kappa shape index (κ2) is 7.64. The van der Waals surface area contributed by atoms with Crippen molar-refractivity contribution >= 4 is 11.8 Å². The van der Waals surface area contributed by atoms with Crippen molar-refractivity contribution < 1.29 is 39.9 Å². The third-order valence-electron chi connectivity index (χ3n) is 3.85. The standard InChI is InChI=1S/C18H18O8/c1-2-10(18(25)26-8-9-6-4-3-5-7-9)12(19)11-13(20)15(22)17(24)16(23)14(11)21/h3-7,10,20-24H,2,8H2,1H3. The van der Waals surface area contributed by atoms with Gasteiger partial charge in [0.25, 0.3) is 0 Å². The number of rotatable bonds is 6. The number of carbonyl (C=O) groups excluding carboxylic acids is 2. The molecule has 26 heavy (non-hydrogen) atoms. The van der Waals surface area contributed by atoms with Crippen LogP contribution in [-0.4, -0.2) is 37.3 Å². The van der Waals surface area contributed by atoms with Gasteiger partial charge in [0, 0.05) is 0 Å². The van der Waals surface area contributed by atoms with Gasteiger partial charge in [-0.1, -0.05) is 37.3 Å². The lowest BCUT2D eigenvalue weighted by atomic mass is 9.93. The highest BCUT2D eigenvalue weighted by Crippen LogP contribution is 2.51. The molecule has 2 aromatic rings. The number of Topliss-reactive ketones (excluding diaryl/α,β-unsaturated/α-hetero) is 1. The minimum absolute atomic E-state index is 0.0201. The van der Waals surface area contributed by atoms with Crippen molar-refractivity contribution in [1.29, 1.82) is 0 Å². The summed E-state index contributed by atoms with van der Waals surface area (Å²) in [4.78, 5) is 24.8. The summed E-state index contributed by atoms with van der Waals surface area (Å²) in [5.74, 6) is -9.19. The van der Waals surface area contributed by atoms with Crippen LogP contribution in [0.3, 0.4) is 0 Å². The summed E-state index contributed by atoms with van der Waals surface area (Å²) in [6.07, 6.45) is -0.0201. The molecule has 0 amide bonds. The van der Waals surface area contributed by atoms with Crippen LogP contribution in [0.25, 0.3) is 0 Å². The fourth-order valence-electron chi connectivity index (χ4n) is 2.38. The molecule has 138 valence electrons. The Bertz CT molecular complexity index is 800. The Labute approximate surface area is 148 Å². The number of hydrogen-bond donors (Lipinski definition) is 5. The molecule has 8 heteroatoms. The SMILES string of the molecule is CCC(C(=O)OCc1ccccc1)C(=O)c1c(O)c(O)c(O)c(O)c1O. The predicted octanol–water partition coefficient (Wildman–Crippen LogP) is 2.17. The van der Waals surface area contributed by atoms with E-state index in [1.165, 1.54) is 6.92 Å². The Kier molecular flexibility index (Phi) is 5.56. The highest BCUT2D eigenvalue weighted by atomic mass is 16.5. The van der Waals surface area contributed by atoms with E-state index < -0.39 is 52.0 Å². The van der Waals surface area contributed by atoms with Gasteiger partial charge in [-0.15, -0.1) is 0 Å². The fraction of sp³-hybridized carbons (Fsp3) is 0.222. The average Bonchev–Trinajstić information content (AvgIpc) is 2.64. The largest absolute Gasteiger partial charge is 0.504 e. The zero-order valence-corrected chi connectivity index (χ0v) is 13.8. The number of esters is 1. The van der Waals surface area contributed by atoms with Crippen LogP contribution in [0.5, 0.6) is 28.7 Å². The molecule has 1 atom stereocenters. The van der Waals surface area contributed by atoms with Crippen molar-refractivity contribution in [3.63, 3.8) is 0 Å². The Morgan fingerprint density at radius 1 is 0.885 bits per heavy atom. The van der Waals surface area contributed by atoms with Gasteiger partial charge >= 0.3 is 5.97 Å². The molecular weight excluding hydrogens is 344 g/mol. The molecule has 0 aliphatic carbocycles. The first-order chi connectivity index (χ1) is 12.3. The summed E-state index contributed by atoms with van der Waals surface area (Å²) in [6.45, 7) is 1.44. The van der Waals surface area contributed by atoms with Gasteiger partial charge in [0.05, 0.1) is 0 Å². The number of benzene rings is 2. The highest BCUT2D eigenvalue weighted by Gasteiger charge is 2.35. The molecule has 5 N–H and O–H groups in total. The van der Waals surface area contributed by atoms with Gasteiger partial charge in [0.1, 0.15) is 18.1 Å². The topological polar surface area (TPSA) is 145 Å². The number of ketones is 1. The lowest BCUT2D eigenvalue weighted by Gasteiger charge is -2.16. The quantitative estimate of drug-likeness (QED) is 0.173. The van der Waals surface area contributed by atoms with Crippen LogP contribution >= 0.6 is 0 Å². The van der Waals surface area contributed by atoms with E-state index in [0.29, 0.717) is 5.56 Å². The van der Waals surface area contributed by atoms with Crippen LogP contribution in [0.1, 0.15) is 29.3 Å². The maximum Gasteiger partial charge on any atom is 0.317 e. The first kappa shape index (κ1) is 18.9. The van der Waals surface area contributed by atoms with Crippen molar-refractivity contribution in [2.75, 3.05) is 0 Å².